The molecule has 1 heterocycles. The predicted molar refractivity (Wildman–Crippen MR) is 133 cm³/mol. The van der Waals surface area contributed by atoms with Crippen molar-refractivity contribution in [3.8, 4) is 0 Å². The Hall–Kier alpha value is -3.41. The molecule has 9 nitrogen and oxygen atoms in total. The zero-order valence-electron chi connectivity index (χ0n) is 18.4. The third-order valence-electron chi connectivity index (χ3n) is 5.32. The molecule has 1 aliphatic carbocycles. The Morgan fingerprint density at radius 1 is 1.00 bits per heavy atom. The van der Waals surface area contributed by atoms with E-state index in [4.69, 9.17) is 11.6 Å². The number of rotatable bonds is 6. The largest absolute Gasteiger partial charge is 0.453 e. The summed E-state index contributed by atoms with van der Waals surface area (Å²) in [6.07, 6.45) is 1.35. The molecule has 0 bridgehead atoms. The van der Waals surface area contributed by atoms with Crippen LogP contribution < -0.4 is 15.4 Å². The number of amides is 3. The highest BCUT2D eigenvalue weighted by Crippen LogP contribution is 2.39. The molecule has 4 rings (SSSR count). The Bertz CT molecular complexity index is 1420. The first-order valence-electron chi connectivity index (χ1n) is 10.4. The topological polar surface area (TPSA) is 131 Å². The number of aryl methyl sites for hydroxylation is 1. The number of para-hydroxylation sites is 1. The Balaban J connectivity index is 1.62. The number of carbonyl (C=O) groups is 3. The van der Waals surface area contributed by atoms with Gasteiger partial charge in [-0.3, -0.25) is 19.6 Å². The van der Waals surface area contributed by atoms with Gasteiger partial charge in [0.25, 0.3) is 21.8 Å². The van der Waals surface area contributed by atoms with E-state index in [2.05, 4.69) is 20.1 Å². The minimum absolute atomic E-state index is 0.0199. The minimum Gasteiger partial charge on any atom is -0.453 e. The van der Waals surface area contributed by atoms with E-state index in [1.165, 1.54) is 47.7 Å². The van der Waals surface area contributed by atoms with Gasteiger partial charge in [-0.15, -0.1) is 11.3 Å². The van der Waals surface area contributed by atoms with Crippen LogP contribution in [0.1, 0.15) is 37.6 Å². The van der Waals surface area contributed by atoms with Crippen molar-refractivity contribution in [2.75, 3.05) is 17.1 Å². The normalized spacial score (nSPS) is 12.5. The molecule has 0 fully saturated rings. The first kappa shape index (κ1) is 24.7. The van der Waals surface area contributed by atoms with Crippen molar-refractivity contribution in [2.24, 2.45) is 0 Å². The second-order valence-corrected chi connectivity index (χ2v) is 10.8. The number of hydrogen-bond acceptors (Lipinski definition) is 7. The zero-order valence-corrected chi connectivity index (χ0v) is 20.8. The number of nitrogens with one attached hydrogen (secondary N) is 3. The molecule has 0 radical (unpaired) electrons. The van der Waals surface area contributed by atoms with Crippen LogP contribution >= 0.6 is 22.9 Å². The lowest BCUT2D eigenvalue weighted by Gasteiger charge is -2.13. The van der Waals surface area contributed by atoms with E-state index in [1.54, 1.807) is 12.1 Å². The number of hydrogen-bond donors (Lipinski definition) is 3. The van der Waals surface area contributed by atoms with Crippen molar-refractivity contribution in [1.82, 2.24) is 5.32 Å². The van der Waals surface area contributed by atoms with Gasteiger partial charge in [-0.05, 0) is 61.2 Å². The highest BCUT2D eigenvalue weighted by atomic mass is 35.5. The maximum Gasteiger partial charge on any atom is 0.413 e. The van der Waals surface area contributed by atoms with Crippen LogP contribution in [0.5, 0.6) is 0 Å². The average molecular weight is 534 g/mol. The van der Waals surface area contributed by atoms with E-state index < -0.39 is 27.9 Å². The fourth-order valence-corrected chi connectivity index (χ4v) is 6.18. The number of sulfonamides is 1. The van der Waals surface area contributed by atoms with Crippen molar-refractivity contribution in [2.45, 2.75) is 24.2 Å². The van der Waals surface area contributed by atoms with Crippen LogP contribution in [0.25, 0.3) is 0 Å². The van der Waals surface area contributed by atoms with Gasteiger partial charge in [-0.2, -0.15) is 0 Å². The van der Waals surface area contributed by atoms with Gasteiger partial charge in [0, 0.05) is 9.90 Å². The number of halogens is 1. The molecule has 35 heavy (non-hydrogen) atoms. The summed E-state index contributed by atoms with van der Waals surface area (Å²) >= 11 is 7.10. The molecule has 3 aromatic rings. The minimum atomic E-state index is -4.00. The summed E-state index contributed by atoms with van der Waals surface area (Å²) in [4.78, 5) is 38.5. The van der Waals surface area contributed by atoms with Crippen molar-refractivity contribution in [3.05, 3.63) is 75.1 Å². The van der Waals surface area contributed by atoms with E-state index in [0.717, 1.165) is 30.4 Å². The van der Waals surface area contributed by atoms with Crippen LogP contribution in [0.3, 0.4) is 0 Å². The van der Waals surface area contributed by atoms with Crippen LogP contribution in [0, 0.1) is 0 Å². The van der Waals surface area contributed by atoms with Crippen molar-refractivity contribution >= 4 is 61.6 Å². The van der Waals surface area contributed by atoms with Crippen LogP contribution in [0.4, 0.5) is 15.5 Å². The average Bonchev–Trinajstić information content (AvgIpc) is 3.40. The molecule has 12 heteroatoms. The number of benzene rings is 2. The van der Waals surface area contributed by atoms with E-state index in [1.807, 2.05) is 0 Å². The number of anilines is 2. The number of ether oxygens (including phenoxy) is 1. The standard InChI is InChI=1S/C23H20ClN3O6S2/c1-33-23(30)26-21(29)19-16-6-4-8-18(16)34-22(19)25-20(28)15-5-2-3-7-17(15)27-35(31,32)14-11-9-13(24)10-12-14/h2-3,5,7,9-12,27H,4,6,8H2,1H3,(H,25,28)(H,26,29,30). The second-order valence-electron chi connectivity index (χ2n) is 7.57. The molecule has 0 unspecified atom stereocenters. The molecule has 0 atom stereocenters. The Morgan fingerprint density at radius 2 is 1.71 bits per heavy atom. The quantitative estimate of drug-likeness (QED) is 0.429. The van der Waals surface area contributed by atoms with Gasteiger partial charge in [0.05, 0.1) is 28.8 Å². The molecule has 2 aromatic carbocycles. The monoisotopic (exact) mass is 533 g/mol. The van der Waals surface area contributed by atoms with E-state index in [9.17, 15) is 22.8 Å². The molecule has 3 N–H and O–H groups in total. The summed E-state index contributed by atoms with van der Waals surface area (Å²) < 4.78 is 32.6. The number of carbonyl (C=O) groups excluding carboxylic acids is 3. The van der Waals surface area contributed by atoms with E-state index in [-0.39, 0.29) is 26.7 Å². The molecular formula is C23H20ClN3O6S2. The third-order valence-corrected chi connectivity index (χ3v) is 8.16. The van der Waals surface area contributed by atoms with Crippen LogP contribution in [-0.4, -0.2) is 33.4 Å². The van der Waals surface area contributed by atoms with Crippen molar-refractivity contribution in [1.29, 1.82) is 0 Å². The number of thiophene rings is 1. The summed E-state index contributed by atoms with van der Waals surface area (Å²) in [5.41, 5.74) is 1.10. The Morgan fingerprint density at radius 3 is 2.43 bits per heavy atom. The van der Waals surface area contributed by atoms with Crippen LogP contribution in [0.15, 0.2) is 53.4 Å². The first-order valence-corrected chi connectivity index (χ1v) is 13.1. The molecule has 182 valence electrons. The SMILES string of the molecule is COC(=O)NC(=O)c1c(NC(=O)c2ccccc2NS(=O)(=O)c2ccc(Cl)cc2)sc2c1CCC2. The highest BCUT2D eigenvalue weighted by Gasteiger charge is 2.29. The second kappa shape index (κ2) is 10.1. The van der Waals surface area contributed by atoms with Crippen LogP contribution in [-0.2, 0) is 27.6 Å². The fraction of sp³-hybridized carbons (Fsp3) is 0.174. The molecule has 0 saturated heterocycles. The van der Waals surface area contributed by atoms with Gasteiger partial charge in [0.1, 0.15) is 5.00 Å². The molecule has 0 spiro atoms. The summed E-state index contributed by atoms with van der Waals surface area (Å²) in [5, 5.41) is 5.51. The molecule has 1 aromatic heterocycles. The third kappa shape index (κ3) is 5.31. The molecule has 0 aliphatic heterocycles. The lowest BCUT2D eigenvalue weighted by Crippen LogP contribution is -2.31. The first-order chi connectivity index (χ1) is 16.7. The molecule has 1 aliphatic rings. The van der Waals surface area contributed by atoms with E-state index in [0.29, 0.717) is 11.4 Å². The number of imide groups is 1. The number of fused-ring (bicyclic) bond motifs is 1. The van der Waals surface area contributed by atoms with Gasteiger partial charge in [0.2, 0.25) is 0 Å². The lowest BCUT2D eigenvalue weighted by molar-refractivity contribution is 0.0937. The molecule has 3 amide bonds. The maximum absolute atomic E-state index is 13.2. The summed E-state index contributed by atoms with van der Waals surface area (Å²) in [5.74, 6) is -1.30. The summed E-state index contributed by atoms with van der Waals surface area (Å²) in [6, 6.07) is 11.7. The van der Waals surface area contributed by atoms with Gasteiger partial charge in [-0.25, -0.2) is 13.2 Å². The summed E-state index contributed by atoms with van der Waals surface area (Å²) in [7, 11) is -2.85. The number of methoxy groups -OCH3 is 1. The van der Waals surface area contributed by atoms with Gasteiger partial charge < -0.3 is 10.1 Å². The highest BCUT2D eigenvalue weighted by molar-refractivity contribution is 7.92. The van der Waals surface area contributed by atoms with E-state index >= 15 is 0 Å². The van der Waals surface area contributed by atoms with Crippen molar-refractivity contribution < 1.29 is 27.5 Å². The molecular weight excluding hydrogens is 514 g/mol. The Labute approximate surface area is 210 Å². The van der Waals surface area contributed by atoms with Crippen molar-refractivity contribution in [3.63, 3.8) is 0 Å². The summed E-state index contributed by atoms with van der Waals surface area (Å²) in [6.45, 7) is 0. The maximum atomic E-state index is 13.2. The fourth-order valence-electron chi connectivity index (χ4n) is 3.70. The van der Waals surface area contributed by atoms with Gasteiger partial charge in [0.15, 0.2) is 0 Å². The molecule has 0 saturated carbocycles. The lowest BCUT2D eigenvalue weighted by atomic mass is 10.1. The Kier molecular flexibility index (Phi) is 7.10. The van der Waals surface area contributed by atoms with Crippen LogP contribution in [0.2, 0.25) is 5.02 Å². The smallest absolute Gasteiger partial charge is 0.413 e. The zero-order chi connectivity index (χ0) is 25.2. The van der Waals surface area contributed by atoms with Gasteiger partial charge in [-0.1, -0.05) is 23.7 Å². The van der Waals surface area contributed by atoms with Gasteiger partial charge >= 0.3 is 6.09 Å². The number of alkyl carbamates (subject to hydrolysis) is 1. The predicted octanol–water partition coefficient (Wildman–Crippen LogP) is 4.44.